The van der Waals surface area contributed by atoms with Crippen molar-refractivity contribution in [3.8, 4) is 17.0 Å². The first-order valence-corrected chi connectivity index (χ1v) is 15.0. The highest BCUT2D eigenvalue weighted by Crippen LogP contribution is 2.40. The molecule has 0 bridgehead atoms. The van der Waals surface area contributed by atoms with E-state index in [1.807, 2.05) is 32.9 Å². The van der Waals surface area contributed by atoms with Crippen LogP contribution in [0.1, 0.15) is 89.0 Å². The molecule has 0 spiro atoms. The van der Waals surface area contributed by atoms with Gasteiger partial charge in [0.05, 0.1) is 11.4 Å². The van der Waals surface area contributed by atoms with Crippen LogP contribution in [0.4, 0.5) is 0 Å². The van der Waals surface area contributed by atoms with Crippen LogP contribution in [-0.2, 0) is 16.1 Å². The minimum Gasteiger partial charge on any atom is -0.477 e. The zero-order valence-corrected chi connectivity index (χ0v) is 27.5. The quantitative estimate of drug-likeness (QED) is 0.151. The number of thiol groups is 1. The first kappa shape index (κ1) is 32.1. The van der Waals surface area contributed by atoms with Crippen LogP contribution in [0, 0.1) is 22.7 Å². The number of benzene rings is 2. The minimum atomic E-state index is -0.851. The van der Waals surface area contributed by atoms with E-state index < -0.39 is 10.5 Å². The largest absolute Gasteiger partial charge is 0.477 e. The third-order valence-corrected chi connectivity index (χ3v) is 7.36. The van der Waals surface area contributed by atoms with Gasteiger partial charge in [-0.3, -0.25) is 4.79 Å². The lowest BCUT2D eigenvalue weighted by Gasteiger charge is -2.38. The molecule has 0 amide bonds. The molecule has 0 saturated carbocycles. The van der Waals surface area contributed by atoms with Gasteiger partial charge in [0.1, 0.15) is 11.4 Å². The van der Waals surface area contributed by atoms with Crippen LogP contribution in [0.5, 0.6) is 5.75 Å². The number of nitrogens with zero attached hydrogens (tertiary/aromatic N) is 1. The fourth-order valence-electron chi connectivity index (χ4n) is 5.52. The van der Waals surface area contributed by atoms with Gasteiger partial charge in [-0.15, -0.1) is 12.6 Å². The van der Waals surface area contributed by atoms with Gasteiger partial charge in [0, 0.05) is 30.1 Å². The maximum absolute atomic E-state index is 13.4. The summed E-state index contributed by atoms with van der Waals surface area (Å²) in [5.41, 5.74) is 2.61. The molecule has 220 valence electrons. The second kappa shape index (κ2) is 11.8. The van der Waals surface area contributed by atoms with Crippen molar-refractivity contribution >= 4 is 29.5 Å². The third kappa shape index (κ3) is 8.80. The Bertz CT molecular complexity index is 1290. The van der Waals surface area contributed by atoms with Crippen molar-refractivity contribution in [2.45, 2.75) is 106 Å². The second-order valence-electron chi connectivity index (χ2n) is 14.9. The van der Waals surface area contributed by atoms with Gasteiger partial charge < -0.3 is 14.0 Å². The highest BCUT2D eigenvalue weighted by Gasteiger charge is 2.40. The van der Waals surface area contributed by atoms with Crippen molar-refractivity contribution in [2.24, 2.45) is 22.7 Å². The van der Waals surface area contributed by atoms with E-state index in [-0.39, 0.29) is 22.7 Å². The highest BCUT2D eigenvalue weighted by atomic mass is 32.1. The highest BCUT2D eigenvalue weighted by molar-refractivity contribution is 7.81. The smallest absolute Gasteiger partial charge is 0.310 e. The van der Waals surface area contributed by atoms with Crippen LogP contribution < -0.4 is 4.74 Å². The molecule has 3 rings (SSSR count). The Morgan fingerprint density at radius 2 is 1.52 bits per heavy atom. The normalized spacial score (nSPS) is 15.2. The van der Waals surface area contributed by atoms with Crippen LogP contribution in [-0.4, -0.2) is 21.1 Å². The fraction of sp³-hybridized carbons (Fsp3) is 0.571. The molecule has 0 fully saturated rings. The summed E-state index contributed by atoms with van der Waals surface area (Å²) in [6.07, 6.45) is 1.20. The van der Waals surface area contributed by atoms with E-state index in [1.54, 1.807) is 0 Å². The molecule has 0 radical (unpaired) electrons. The maximum Gasteiger partial charge on any atom is 0.310 e. The van der Waals surface area contributed by atoms with Gasteiger partial charge in [0.2, 0.25) is 0 Å². The molecule has 1 aromatic heterocycles. The number of hydrogen-bond acceptors (Lipinski definition) is 4. The molecular weight excluding hydrogens is 514 g/mol. The minimum absolute atomic E-state index is 0.0224. The molecule has 0 saturated heterocycles. The van der Waals surface area contributed by atoms with Crippen LogP contribution in [0.2, 0.25) is 0 Å². The number of aromatic nitrogens is 1. The van der Waals surface area contributed by atoms with E-state index in [2.05, 4.69) is 102 Å². The molecule has 2 atom stereocenters. The van der Waals surface area contributed by atoms with Crippen LogP contribution in [0.25, 0.3) is 22.2 Å². The molecule has 0 aliphatic carbocycles. The van der Waals surface area contributed by atoms with Crippen molar-refractivity contribution in [1.29, 1.82) is 0 Å². The van der Waals surface area contributed by atoms with Crippen molar-refractivity contribution in [3.63, 3.8) is 0 Å². The number of fused-ring (bicyclic) bond motifs is 1. The summed E-state index contributed by atoms with van der Waals surface area (Å²) in [7, 11) is 0. The summed E-state index contributed by atoms with van der Waals surface area (Å²) in [6.45, 7) is 24.0. The van der Waals surface area contributed by atoms with E-state index in [4.69, 9.17) is 22.1 Å². The molecule has 4 nitrogen and oxygen atoms in total. The molecule has 2 aromatic carbocycles. The second-order valence-corrected chi connectivity index (χ2v) is 15.9. The average Bonchev–Trinajstić information content (AvgIpc) is 3.12. The number of ether oxygens (including phenoxy) is 2. The van der Waals surface area contributed by atoms with Gasteiger partial charge in [0.15, 0.2) is 4.93 Å². The summed E-state index contributed by atoms with van der Waals surface area (Å²) in [5, 5.41) is 1.18. The Labute approximate surface area is 248 Å². The van der Waals surface area contributed by atoms with Crippen molar-refractivity contribution in [1.82, 2.24) is 4.57 Å². The SMILES string of the molecule is CC(C)Cn1c(-c2ccccc2)cc2ccc(OC(C)(S)CC(C)(C)OC(=O)C(CC(C)(C)C)C(C)(C)C)cc21. The van der Waals surface area contributed by atoms with Crippen LogP contribution in [0.15, 0.2) is 54.6 Å². The average molecular weight is 566 g/mol. The Kier molecular flexibility index (Phi) is 9.50. The maximum atomic E-state index is 13.4. The third-order valence-electron chi connectivity index (χ3n) is 7.11. The van der Waals surface area contributed by atoms with E-state index >= 15 is 0 Å². The van der Waals surface area contributed by atoms with E-state index in [9.17, 15) is 4.79 Å². The summed E-state index contributed by atoms with van der Waals surface area (Å²) >= 11 is 4.91. The number of carbonyl (C=O) groups is 1. The number of hydrogen-bond donors (Lipinski definition) is 1. The lowest BCUT2D eigenvalue weighted by atomic mass is 9.72. The van der Waals surface area contributed by atoms with Gasteiger partial charge in [-0.05, 0) is 67.7 Å². The van der Waals surface area contributed by atoms with E-state index in [1.165, 1.54) is 16.6 Å². The Hall–Kier alpha value is -2.40. The van der Waals surface area contributed by atoms with E-state index in [0.717, 1.165) is 24.2 Å². The predicted molar refractivity (Wildman–Crippen MR) is 172 cm³/mol. The fourth-order valence-corrected chi connectivity index (χ4v) is 6.01. The van der Waals surface area contributed by atoms with Gasteiger partial charge in [0.25, 0.3) is 0 Å². The zero-order valence-electron chi connectivity index (χ0n) is 26.6. The molecule has 0 N–H and O–H groups in total. The molecule has 2 unspecified atom stereocenters. The van der Waals surface area contributed by atoms with Crippen molar-refractivity contribution in [2.75, 3.05) is 0 Å². The summed E-state index contributed by atoms with van der Waals surface area (Å²) in [6, 6.07) is 19.0. The van der Waals surface area contributed by atoms with Gasteiger partial charge in [-0.2, -0.15) is 0 Å². The Morgan fingerprint density at radius 3 is 2.08 bits per heavy atom. The van der Waals surface area contributed by atoms with Crippen molar-refractivity contribution in [3.05, 3.63) is 54.6 Å². The Balaban J connectivity index is 1.83. The topological polar surface area (TPSA) is 40.5 Å². The molecule has 5 heteroatoms. The molecule has 3 aromatic rings. The number of esters is 1. The first-order valence-electron chi connectivity index (χ1n) is 14.6. The van der Waals surface area contributed by atoms with E-state index in [0.29, 0.717) is 12.3 Å². The molecule has 40 heavy (non-hydrogen) atoms. The number of carbonyl (C=O) groups excluding carboxylic acids is 1. The molecule has 0 aliphatic rings. The summed E-state index contributed by atoms with van der Waals surface area (Å²) in [4.78, 5) is 12.6. The predicted octanol–water partition coefficient (Wildman–Crippen LogP) is 9.80. The van der Waals surface area contributed by atoms with Gasteiger partial charge in [-0.25, -0.2) is 0 Å². The summed E-state index contributed by atoms with van der Waals surface area (Å²) in [5.74, 6) is 0.880. The molecule has 0 aliphatic heterocycles. The zero-order chi connectivity index (χ0) is 30.1. The lowest BCUT2D eigenvalue weighted by molar-refractivity contribution is -0.169. The summed E-state index contributed by atoms with van der Waals surface area (Å²) < 4.78 is 15.0. The number of rotatable bonds is 10. The standard InChI is InChI=1S/C35H51NO3S/c1-24(2)22-36-29(25-15-13-12-14-16-25)19-26-17-18-27(20-30(26)36)38-35(11,40)23-34(9,10)39-31(37)28(33(6,7)8)21-32(3,4)5/h12-20,24,28,40H,21-23H2,1-11H3. The van der Waals surface area contributed by atoms with Crippen molar-refractivity contribution < 1.29 is 14.3 Å². The monoisotopic (exact) mass is 565 g/mol. The Morgan fingerprint density at radius 1 is 0.900 bits per heavy atom. The van der Waals surface area contributed by atoms with Crippen LogP contribution in [0.3, 0.4) is 0 Å². The lowest BCUT2D eigenvalue weighted by Crippen LogP contribution is -2.42. The molecular formula is C35H51NO3S. The van der Waals surface area contributed by atoms with Crippen LogP contribution >= 0.6 is 12.6 Å². The van der Waals surface area contributed by atoms with Gasteiger partial charge >= 0.3 is 5.97 Å². The first-order chi connectivity index (χ1) is 18.3. The van der Waals surface area contributed by atoms with Gasteiger partial charge in [-0.1, -0.05) is 85.7 Å². The molecule has 1 heterocycles.